The molecule has 28 nitrogen and oxygen atoms in total. The number of pyridine rings is 2. The van der Waals surface area contributed by atoms with Crippen LogP contribution in [0.25, 0.3) is 22.3 Å². The molecular formula is C63H75FN12O16S. The summed E-state index contributed by atoms with van der Waals surface area (Å²) in [6, 6.07) is 6.36. The number of benzene rings is 2. The second-order valence-corrected chi connectivity index (χ2v) is 26.2. The number of rotatable bonds is 29. The Balaban J connectivity index is 0.717. The second-order valence-electron chi connectivity index (χ2n) is 23.9. The first-order chi connectivity index (χ1) is 44.2. The fourth-order valence-electron chi connectivity index (χ4n) is 11.6. The van der Waals surface area contributed by atoms with Gasteiger partial charge in [0.2, 0.25) is 29.5 Å². The van der Waals surface area contributed by atoms with E-state index in [9.17, 15) is 61.5 Å². The molecule has 6 N–H and O–H groups in total. The quantitative estimate of drug-likeness (QED) is 0.0170. The standard InChI is InChI=1S/C63H75FN12O16S/c1-7-63(87)44-26-48-57-42(30-76(48)60(84)43(44)32-91-61(63)85)55-46(19-18-41-36(4)45(64)27-47(69-57)54(41)55)68-51(79)33-90-34-73(24-25-93(6,88)89)62(86)92-31-38-14-16-39(17-15-38)67-58(82)37(5)66-59(83)56(35(2)3)70-50(78)13-11-22-74-29-40(71-72-74)28-65-49(77)12-9-8-10-23-75-52(80)20-21-53(75)81/h14-17,20-21,26-27,29,35,37,46,56,87H,7-13,18-19,22-25,28,30-34H2,1-6H3,(H,65,77)(H,66,83)(H,67,82)(H,68,79)(H,70,78)/t37?,46?,56-,63-/m0/s1. The first-order valence-corrected chi connectivity index (χ1v) is 32.8. The van der Waals surface area contributed by atoms with Gasteiger partial charge in [0.15, 0.2) is 5.60 Å². The summed E-state index contributed by atoms with van der Waals surface area (Å²) in [6.45, 7) is 6.91. The highest BCUT2D eigenvalue weighted by Gasteiger charge is 2.46. The Hall–Kier alpha value is -9.29. The fraction of sp³-hybridized carbons (Fsp3) is 0.476. The lowest BCUT2D eigenvalue weighted by molar-refractivity contribution is -0.172. The number of hydrogen-bond acceptors (Lipinski definition) is 19. The summed E-state index contributed by atoms with van der Waals surface area (Å²) < 4.78 is 59.4. The summed E-state index contributed by atoms with van der Waals surface area (Å²) >= 11 is 0. The van der Waals surface area contributed by atoms with E-state index in [1.807, 2.05) is 0 Å². The minimum Gasteiger partial charge on any atom is -0.458 e. The van der Waals surface area contributed by atoms with E-state index in [0.29, 0.717) is 108 Å². The topological polar surface area (TPSA) is 368 Å². The summed E-state index contributed by atoms with van der Waals surface area (Å²) in [7, 11) is -3.60. The molecule has 0 radical (unpaired) electrons. The number of hydrogen-bond donors (Lipinski definition) is 6. The van der Waals surface area contributed by atoms with Crippen molar-refractivity contribution in [3.8, 4) is 11.4 Å². The normalized spacial score (nSPS) is 16.9. The number of cyclic esters (lactones) is 1. The largest absolute Gasteiger partial charge is 0.458 e. The SMILES string of the molecule is CC[C@@]1(O)C(=O)OCc2c1cc1n(c2=O)Cc2c-1nc1cc(F)c(C)c3c1c2C(NC(=O)COCN(CCS(C)(=O)=O)C(=O)OCc1ccc(NC(=O)C(C)NC(=O)[C@@H](NC(=O)CCCn2cc(CNC(=O)CCCCCN4C(=O)C=CC4=O)nn2)C(C)C)cc1)CC3. The minimum absolute atomic E-state index is 0.0176. The van der Waals surface area contributed by atoms with Crippen LogP contribution < -0.4 is 32.1 Å². The molecule has 3 aromatic heterocycles. The average molecular weight is 1310 g/mol. The number of nitrogens with one attached hydrogen (secondary N) is 5. The van der Waals surface area contributed by atoms with Gasteiger partial charge in [0, 0.05) is 79.2 Å². The van der Waals surface area contributed by atoms with Gasteiger partial charge in [-0.25, -0.2) is 27.4 Å². The number of fused-ring (bicyclic) bond motifs is 5. The van der Waals surface area contributed by atoms with E-state index in [4.69, 9.17) is 19.2 Å². The zero-order valence-electron chi connectivity index (χ0n) is 52.4. The molecule has 9 rings (SSSR count). The molecule has 4 aliphatic rings. The molecule has 2 aromatic carbocycles. The van der Waals surface area contributed by atoms with Crippen molar-refractivity contribution >= 4 is 79.8 Å². The maximum atomic E-state index is 15.5. The fourth-order valence-corrected chi connectivity index (χ4v) is 12.1. The summed E-state index contributed by atoms with van der Waals surface area (Å²) in [5.41, 5.74) is 2.19. The molecule has 4 atom stereocenters. The number of aromatic nitrogens is 5. The minimum atomic E-state index is -3.60. The highest BCUT2D eigenvalue weighted by Crippen LogP contribution is 2.46. The lowest BCUT2D eigenvalue weighted by Crippen LogP contribution is -2.53. The highest BCUT2D eigenvalue weighted by molar-refractivity contribution is 7.90. The van der Waals surface area contributed by atoms with Crippen molar-refractivity contribution in [1.29, 1.82) is 0 Å². The lowest BCUT2D eigenvalue weighted by atomic mass is 9.81. The molecule has 30 heteroatoms. The van der Waals surface area contributed by atoms with Crippen LogP contribution in [0.3, 0.4) is 0 Å². The highest BCUT2D eigenvalue weighted by atomic mass is 32.2. The summed E-state index contributed by atoms with van der Waals surface area (Å²) in [5, 5.41) is 34.1. The second kappa shape index (κ2) is 29.1. The van der Waals surface area contributed by atoms with Gasteiger partial charge in [-0.15, -0.1) is 5.10 Å². The van der Waals surface area contributed by atoms with Crippen molar-refractivity contribution in [1.82, 2.24) is 55.6 Å². The Morgan fingerprint density at radius 3 is 2.34 bits per heavy atom. The molecule has 0 saturated carbocycles. The Labute approximate surface area is 534 Å². The molecule has 5 aromatic rings. The van der Waals surface area contributed by atoms with Crippen molar-refractivity contribution in [2.45, 2.75) is 149 Å². The molecule has 0 bridgehead atoms. The molecule has 93 heavy (non-hydrogen) atoms. The van der Waals surface area contributed by atoms with Crippen molar-refractivity contribution in [2.24, 2.45) is 5.92 Å². The van der Waals surface area contributed by atoms with Gasteiger partial charge in [-0.05, 0) is 98.7 Å². The van der Waals surface area contributed by atoms with Gasteiger partial charge in [0.1, 0.15) is 60.0 Å². The zero-order valence-corrected chi connectivity index (χ0v) is 53.2. The van der Waals surface area contributed by atoms with Crippen LogP contribution in [0, 0.1) is 18.7 Å². The van der Waals surface area contributed by atoms with Crippen LogP contribution in [0.1, 0.15) is 130 Å². The molecule has 0 spiro atoms. The van der Waals surface area contributed by atoms with E-state index in [0.717, 1.165) is 11.2 Å². The van der Waals surface area contributed by atoms with E-state index in [1.165, 1.54) is 46.7 Å². The first kappa shape index (κ1) is 68.1. The predicted molar refractivity (Wildman–Crippen MR) is 331 cm³/mol. The van der Waals surface area contributed by atoms with E-state index in [1.54, 1.807) is 56.8 Å². The Morgan fingerprint density at radius 1 is 0.903 bits per heavy atom. The number of aliphatic hydroxyl groups is 1. The maximum Gasteiger partial charge on any atom is 0.411 e. The molecular weight excluding hydrogens is 1230 g/mol. The van der Waals surface area contributed by atoms with Crippen molar-refractivity contribution in [3.63, 3.8) is 0 Å². The number of anilines is 1. The van der Waals surface area contributed by atoms with Crippen LogP contribution in [-0.4, -0.2) is 152 Å². The van der Waals surface area contributed by atoms with Gasteiger partial charge in [0.05, 0.1) is 53.5 Å². The van der Waals surface area contributed by atoms with Crippen molar-refractivity contribution in [2.75, 3.05) is 43.8 Å². The van der Waals surface area contributed by atoms with Crippen molar-refractivity contribution < 1.29 is 75.3 Å². The number of aryl methyl sites for hydroxylation is 2. The number of ether oxygens (including phenoxy) is 3. The Bertz CT molecular complexity index is 3980. The summed E-state index contributed by atoms with van der Waals surface area (Å²) in [5.74, 6) is -5.19. The van der Waals surface area contributed by atoms with Crippen LogP contribution >= 0.6 is 0 Å². The molecule has 0 saturated heterocycles. The van der Waals surface area contributed by atoms with Crippen LogP contribution in [-0.2, 0) is 107 Å². The third kappa shape index (κ3) is 16.0. The number of imide groups is 1. The van der Waals surface area contributed by atoms with Gasteiger partial charge in [-0.3, -0.25) is 52.8 Å². The lowest BCUT2D eigenvalue weighted by Gasteiger charge is -2.31. The third-order valence-electron chi connectivity index (χ3n) is 16.8. The number of nitrogens with zero attached hydrogens (tertiary/aromatic N) is 7. The van der Waals surface area contributed by atoms with Crippen LogP contribution in [0.15, 0.2) is 59.5 Å². The number of esters is 1. The zero-order chi connectivity index (χ0) is 67.1. The molecule has 0 fully saturated rings. The molecule has 6 heterocycles. The van der Waals surface area contributed by atoms with Crippen LogP contribution in [0.4, 0.5) is 14.9 Å². The molecule has 496 valence electrons. The third-order valence-corrected chi connectivity index (χ3v) is 17.7. The number of carbonyl (C=O) groups is 9. The van der Waals surface area contributed by atoms with Gasteiger partial charge < -0.3 is 50.5 Å². The predicted octanol–water partition coefficient (Wildman–Crippen LogP) is 3.05. The average Bonchev–Trinajstić information content (AvgIpc) is 1.63. The number of halogens is 1. The number of unbranched alkanes of at least 4 members (excludes halogenated alkanes) is 2. The first-order valence-electron chi connectivity index (χ1n) is 30.7. The van der Waals surface area contributed by atoms with E-state index < -0.39 is 99.7 Å². The Morgan fingerprint density at radius 2 is 1.63 bits per heavy atom. The summed E-state index contributed by atoms with van der Waals surface area (Å²) in [4.78, 5) is 137. The number of amides is 8. The monoisotopic (exact) mass is 1310 g/mol. The Kier molecular flexibility index (Phi) is 21.3. The maximum absolute atomic E-state index is 15.5. The van der Waals surface area contributed by atoms with E-state index in [2.05, 4.69) is 36.9 Å². The van der Waals surface area contributed by atoms with Gasteiger partial charge in [0.25, 0.3) is 17.4 Å². The number of carbonyl (C=O) groups excluding carboxylic acids is 9. The molecule has 8 amide bonds. The number of sulfone groups is 1. The molecule has 3 aliphatic heterocycles. The van der Waals surface area contributed by atoms with Crippen LogP contribution in [0.5, 0.6) is 0 Å². The van der Waals surface area contributed by atoms with E-state index >= 15 is 4.39 Å². The molecule has 1 aliphatic carbocycles. The van der Waals surface area contributed by atoms with Gasteiger partial charge >= 0.3 is 12.1 Å². The van der Waals surface area contributed by atoms with Gasteiger partial charge in [-0.2, -0.15) is 0 Å². The van der Waals surface area contributed by atoms with Gasteiger partial charge in [-0.1, -0.05) is 44.5 Å². The summed E-state index contributed by atoms with van der Waals surface area (Å²) in [6.07, 6.45) is 7.28. The smallest absolute Gasteiger partial charge is 0.411 e. The van der Waals surface area contributed by atoms with Crippen LogP contribution in [0.2, 0.25) is 0 Å². The molecule has 2 unspecified atom stereocenters. The van der Waals surface area contributed by atoms with Crippen molar-refractivity contribution in [3.05, 3.63) is 116 Å². The van der Waals surface area contributed by atoms with E-state index in [-0.39, 0.29) is 92.4 Å².